The molecule has 0 aliphatic rings. The van der Waals surface area contributed by atoms with Crippen LogP contribution in [0, 0.1) is 0 Å². The minimum Gasteiger partial charge on any atom is -0.464 e. The average molecular weight is 1050 g/mol. The van der Waals surface area contributed by atoms with Gasteiger partial charge in [0.15, 0.2) is 0 Å². The van der Waals surface area contributed by atoms with Gasteiger partial charge in [0.05, 0.1) is 60.1 Å². The van der Waals surface area contributed by atoms with E-state index in [2.05, 4.69) is 15.9 Å². The first-order chi connectivity index (χ1) is 51.4. The number of furan rings is 2. The van der Waals surface area contributed by atoms with Gasteiger partial charge in [0, 0.05) is 21.9 Å². The topological polar surface area (TPSA) is 66.7 Å². The second-order valence-electron chi connectivity index (χ2n) is 15.6. The minimum atomic E-state index is -2.46. The number of hydrogen-bond donors (Lipinski definition) is 2. The van der Waals surface area contributed by atoms with E-state index in [0.717, 1.165) is 9.86 Å². The highest BCUT2D eigenvalue weighted by atomic mass is 79.9. The number of benzene rings is 12. The Morgan fingerprint density at radius 1 is 0.324 bits per heavy atom. The molecule has 0 saturated carbocycles. The Hall–Kier alpha value is -8.78. The van der Waals surface area contributed by atoms with Crippen molar-refractivity contribution in [2.24, 2.45) is 0 Å². The quantitative estimate of drug-likeness (QED) is 0.129. The molecule has 0 amide bonds. The van der Waals surface area contributed by atoms with Gasteiger partial charge in [0.2, 0.25) is 0 Å². The molecule has 6 heteroatoms. The Morgan fingerprint density at radius 2 is 0.649 bits per heavy atom. The highest BCUT2D eigenvalue weighted by Crippen LogP contribution is 2.46. The molecule has 4 nitrogen and oxygen atoms in total. The molecule has 14 aromatic rings. The lowest BCUT2D eigenvalue weighted by Crippen LogP contribution is -2.31. The van der Waals surface area contributed by atoms with Gasteiger partial charge in [-0.1, -0.05) is 230 Å². The zero-order chi connectivity index (χ0) is 81.3. The summed E-state index contributed by atoms with van der Waals surface area (Å²) >= 11 is 3.36. The summed E-state index contributed by atoms with van der Waals surface area (Å²) in [5.41, 5.74) is -1.21. The third-order valence-electron chi connectivity index (χ3n) is 11.5. The number of fused-ring (bicyclic) bond motifs is 6. The summed E-state index contributed by atoms with van der Waals surface area (Å²) in [4.78, 5) is 0. The van der Waals surface area contributed by atoms with Crippen molar-refractivity contribution in [3.05, 3.63) is 271 Å². The van der Waals surface area contributed by atoms with Gasteiger partial charge in [0.1, 0.15) is 17.4 Å². The van der Waals surface area contributed by atoms with Crippen LogP contribution in [0.1, 0.15) is 49.3 Å². The molecule has 74 heavy (non-hydrogen) atoms. The summed E-state index contributed by atoms with van der Waals surface area (Å²) < 4.78 is 313. The summed E-state index contributed by atoms with van der Waals surface area (Å²) in [6.07, 6.45) is 2.74. The molecule has 0 spiro atoms. The largest absolute Gasteiger partial charge is 0.489 e. The molecule has 0 fully saturated rings. The summed E-state index contributed by atoms with van der Waals surface area (Å²) in [6.45, 7) is 0. The molecule has 0 bridgehead atoms. The second kappa shape index (κ2) is 20.4. The molecule has 0 radical (unpaired) electrons. The maximum atomic E-state index is 10.3. The van der Waals surface area contributed by atoms with Crippen molar-refractivity contribution >= 4 is 93.5 Å². The Kier molecular flexibility index (Phi) is 5.88. The van der Waals surface area contributed by atoms with Crippen LogP contribution in [-0.4, -0.2) is 17.2 Å². The Bertz CT molecular complexity index is 6220. The van der Waals surface area contributed by atoms with Gasteiger partial charge in [-0.05, 0) is 133 Å². The Balaban J connectivity index is 0.000000169. The van der Waals surface area contributed by atoms with Crippen molar-refractivity contribution in [1.29, 1.82) is 0 Å². The zero-order valence-corrected chi connectivity index (χ0v) is 38.9. The monoisotopic (exact) mass is 1050 g/mol. The summed E-state index contributed by atoms with van der Waals surface area (Å²) in [5, 5.41) is 18.1. The highest BCUT2D eigenvalue weighted by molar-refractivity contribution is 9.10. The first-order valence-electron chi connectivity index (χ1n) is 39.7. The van der Waals surface area contributed by atoms with Gasteiger partial charge in [-0.2, -0.15) is 0 Å². The van der Waals surface area contributed by atoms with Crippen molar-refractivity contribution in [2.45, 2.75) is 0 Å². The lowest BCUT2D eigenvalue weighted by molar-refractivity contribution is 0.426. The van der Waals surface area contributed by atoms with E-state index >= 15 is 0 Å². The third kappa shape index (κ3) is 8.75. The lowest BCUT2D eigenvalue weighted by atomic mass is 9.72. The van der Waals surface area contributed by atoms with E-state index in [1.165, 1.54) is 24.5 Å². The van der Waals surface area contributed by atoms with E-state index in [4.69, 9.17) is 58.2 Å². The fraction of sp³-hybridized carbons (Fsp3) is 0. The van der Waals surface area contributed by atoms with Crippen molar-refractivity contribution in [2.75, 3.05) is 0 Å². The van der Waals surface area contributed by atoms with Gasteiger partial charge in [-0.25, -0.2) is 0 Å². The van der Waals surface area contributed by atoms with E-state index in [0.29, 0.717) is 11.1 Å². The molecule has 2 N–H and O–H groups in total. The molecule has 0 saturated heterocycles. The van der Waals surface area contributed by atoms with Crippen LogP contribution < -0.4 is 5.46 Å². The molecular weight excluding hydrogens is 971 g/mol. The number of hydrogen-bond acceptors (Lipinski definition) is 4. The van der Waals surface area contributed by atoms with Crippen LogP contribution >= 0.6 is 15.9 Å². The van der Waals surface area contributed by atoms with Crippen LogP contribution in [0.25, 0.3) is 121 Å². The maximum Gasteiger partial charge on any atom is 0.489 e. The first kappa shape index (κ1) is 21.4. The van der Waals surface area contributed by atoms with Gasteiger partial charge in [0.25, 0.3) is 0 Å². The normalized spacial score (nSPS) is 18.0. The molecule has 2 heterocycles. The molecule has 2 aromatic heterocycles. The van der Waals surface area contributed by atoms with Gasteiger partial charge in [-0.3, -0.25) is 0 Å². The third-order valence-corrected chi connectivity index (χ3v) is 12.1. The van der Waals surface area contributed by atoms with Gasteiger partial charge < -0.3 is 18.9 Å². The van der Waals surface area contributed by atoms with Crippen LogP contribution in [-0.2, 0) is 0 Å². The highest BCUT2D eigenvalue weighted by Gasteiger charge is 2.23. The first-order valence-corrected chi connectivity index (χ1v) is 22.5. The Morgan fingerprint density at radius 3 is 1.07 bits per heavy atom. The van der Waals surface area contributed by atoms with Crippen LogP contribution in [0.5, 0.6) is 0 Å². The predicted octanol–water partition coefficient (Wildman–Crippen LogP) is 17.9. The zero-order valence-electron chi connectivity index (χ0n) is 73.3. The molecule has 352 valence electrons. The molecular formula is C68H46BBrO4. The van der Waals surface area contributed by atoms with E-state index in [9.17, 15) is 10.0 Å². The number of halogens is 1. The van der Waals surface area contributed by atoms with E-state index in [-0.39, 0.29) is 79.8 Å². The summed E-state index contributed by atoms with van der Waals surface area (Å²) in [6, 6.07) is -14.4. The molecule has 14 rings (SSSR count). The smallest absolute Gasteiger partial charge is 0.464 e. The molecule has 0 aliphatic carbocycles. The fourth-order valence-corrected chi connectivity index (χ4v) is 8.78. The van der Waals surface area contributed by atoms with E-state index in [1.807, 2.05) is 0 Å². The lowest BCUT2D eigenvalue weighted by Gasteiger charge is -2.17. The fourth-order valence-electron chi connectivity index (χ4n) is 8.38. The Labute approximate surface area is 487 Å². The van der Waals surface area contributed by atoms with Crippen molar-refractivity contribution < 1.29 is 68.2 Å². The molecule has 0 aliphatic heterocycles. The van der Waals surface area contributed by atoms with E-state index in [1.54, 1.807) is 24.5 Å². The van der Waals surface area contributed by atoms with Crippen LogP contribution in [0.2, 0.25) is 0 Å². The van der Waals surface area contributed by atoms with Crippen LogP contribution in [0.4, 0.5) is 0 Å². The van der Waals surface area contributed by atoms with Gasteiger partial charge in [-0.15, -0.1) is 0 Å². The van der Waals surface area contributed by atoms with Crippen molar-refractivity contribution in [3.8, 4) is 55.6 Å². The standard InChI is InChI=1S/C34H22O.C20H15BO2.C14H9BrO/c1-3-11-23(12-4-1)25-19-20-32-30(21-25)31(22-35-32)34-28-17-9-7-15-26(28)33(24-13-5-2-6-14-24)27-16-8-10-18-29(27)34;22-21(23)20-17-12-6-4-10-15(17)19(14-8-2-1-3-9-14)16-11-5-7-13-18(16)20;15-13-9-16-14-7-6-11(8-12(13)14)10-4-2-1-3-5-10/h1-22H;1-13,22-23H;1-9H/i1D,2D,3D,4D,5D,6D,7D,8D,9D,10D,11D,12D,13D,14D,15D,16D,17D,18D;1D,2D,3D,4D,5D,6D,7D,8D,9D,10D,11D,12D,13D;1D,2D,3D,4D,5D. The molecule has 0 unspecified atom stereocenters. The van der Waals surface area contributed by atoms with Crippen LogP contribution in [0.3, 0.4) is 0 Å². The average Bonchev–Trinajstić information content (AvgIpc) is 0.950. The number of rotatable bonds is 6. The molecule has 0 atom stereocenters. The van der Waals surface area contributed by atoms with Gasteiger partial charge >= 0.3 is 7.12 Å². The van der Waals surface area contributed by atoms with Crippen molar-refractivity contribution in [3.63, 3.8) is 0 Å². The van der Waals surface area contributed by atoms with E-state index < -0.39 is 254 Å². The summed E-state index contributed by atoms with van der Waals surface area (Å²) in [5.74, 6) is 0. The maximum absolute atomic E-state index is 10.3. The SMILES string of the molecule is [2H]c1c([2H])c([2H])c(-c2c3c([2H])c([2H])c([2H])c([2H])c3c(B(O)O)c3c([2H])c([2H])c([2H])c([2H])c23)c([2H])c1[2H].[2H]c1c([2H])c([2H])c(-c2ccc3occ(-c4c5c([2H])c([2H])c([2H])c([2H])c5c(-c5c([2H])c([2H])c([2H])c([2H])c5[2H])c5c([2H])c([2H])c([2H])c([2H])c45)c3c2)c([2H])c1[2H].[2H]c1c([2H])c([2H])c(-c2ccc3occ(Br)c3c2)c([2H])c1[2H]. The summed E-state index contributed by atoms with van der Waals surface area (Å²) in [7, 11) is -2.46. The molecule has 12 aromatic carbocycles. The minimum absolute atomic E-state index is 0.0342. The van der Waals surface area contributed by atoms with Crippen LogP contribution in [0.15, 0.2) is 280 Å². The second-order valence-corrected chi connectivity index (χ2v) is 16.4. The predicted molar refractivity (Wildman–Crippen MR) is 314 cm³/mol. The van der Waals surface area contributed by atoms with Crippen molar-refractivity contribution in [1.82, 2.24) is 0 Å².